The lowest BCUT2D eigenvalue weighted by Crippen LogP contribution is -2.11. The van der Waals surface area contributed by atoms with Crippen molar-refractivity contribution in [1.82, 2.24) is 14.5 Å². The predicted molar refractivity (Wildman–Crippen MR) is 92.8 cm³/mol. The Kier molecular flexibility index (Phi) is 3.09. The number of anilines is 1. The molecule has 114 valence electrons. The van der Waals surface area contributed by atoms with Crippen molar-refractivity contribution >= 4 is 39.4 Å². The predicted octanol–water partition coefficient (Wildman–Crippen LogP) is 3.16. The normalized spacial score (nSPS) is 11.3. The molecular weight excluding hydrogens is 312 g/mol. The standard InChI is InChI=1S/C17H13ClN4O/c18-12-4-2-1-3-10(12)9-22-8-7-11-14(22)6-5-13-15(11)16(23)21-17(19)20-13/h1-8H,9H2,(H3,19,20,21,23). The molecule has 0 aliphatic rings. The van der Waals surface area contributed by atoms with E-state index in [1.165, 1.54) is 0 Å². The number of aromatic amines is 1. The minimum absolute atomic E-state index is 0.123. The molecule has 0 fully saturated rings. The Bertz CT molecular complexity index is 1100. The van der Waals surface area contributed by atoms with Crippen molar-refractivity contribution in [2.45, 2.75) is 6.54 Å². The van der Waals surface area contributed by atoms with Gasteiger partial charge in [-0.3, -0.25) is 9.78 Å². The Hall–Kier alpha value is -2.79. The third kappa shape index (κ3) is 2.26. The maximum absolute atomic E-state index is 12.2. The van der Waals surface area contributed by atoms with Gasteiger partial charge >= 0.3 is 0 Å². The minimum atomic E-state index is -0.228. The summed E-state index contributed by atoms with van der Waals surface area (Å²) < 4.78 is 2.06. The molecule has 0 atom stereocenters. The second-order valence-corrected chi connectivity index (χ2v) is 5.79. The number of hydrogen-bond acceptors (Lipinski definition) is 3. The third-order valence-electron chi connectivity index (χ3n) is 3.94. The summed E-state index contributed by atoms with van der Waals surface area (Å²) >= 11 is 6.24. The highest BCUT2D eigenvalue weighted by Crippen LogP contribution is 2.25. The number of fused-ring (bicyclic) bond motifs is 3. The van der Waals surface area contributed by atoms with Crippen LogP contribution < -0.4 is 11.3 Å². The van der Waals surface area contributed by atoms with Crippen LogP contribution in [-0.2, 0) is 6.54 Å². The molecule has 3 N–H and O–H groups in total. The van der Waals surface area contributed by atoms with Crippen LogP contribution in [0.25, 0.3) is 21.8 Å². The molecule has 0 aliphatic heterocycles. The van der Waals surface area contributed by atoms with Crippen LogP contribution in [0.2, 0.25) is 5.02 Å². The molecule has 0 radical (unpaired) electrons. The zero-order chi connectivity index (χ0) is 16.0. The summed E-state index contributed by atoms with van der Waals surface area (Å²) in [6.07, 6.45) is 1.95. The average molecular weight is 325 g/mol. The molecular formula is C17H13ClN4O. The molecule has 0 spiro atoms. The van der Waals surface area contributed by atoms with Crippen LogP contribution in [-0.4, -0.2) is 14.5 Å². The second kappa shape index (κ2) is 5.14. The minimum Gasteiger partial charge on any atom is -0.369 e. The molecule has 0 aliphatic carbocycles. The Morgan fingerprint density at radius 2 is 2.00 bits per heavy atom. The first-order valence-corrected chi connectivity index (χ1v) is 7.52. The largest absolute Gasteiger partial charge is 0.369 e. The van der Waals surface area contributed by atoms with E-state index < -0.39 is 0 Å². The topological polar surface area (TPSA) is 76.7 Å². The van der Waals surface area contributed by atoms with Gasteiger partial charge < -0.3 is 10.3 Å². The lowest BCUT2D eigenvalue weighted by atomic mass is 10.1. The fourth-order valence-electron chi connectivity index (χ4n) is 2.88. The molecule has 2 aromatic heterocycles. The van der Waals surface area contributed by atoms with E-state index in [4.69, 9.17) is 17.3 Å². The van der Waals surface area contributed by atoms with E-state index in [9.17, 15) is 4.79 Å². The summed E-state index contributed by atoms with van der Waals surface area (Å²) in [5.41, 5.74) is 7.95. The zero-order valence-corrected chi connectivity index (χ0v) is 12.8. The van der Waals surface area contributed by atoms with Crippen molar-refractivity contribution in [3.8, 4) is 0 Å². The van der Waals surface area contributed by atoms with Gasteiger partial charge in [0.05, 0.1) is 10.9 Å². The van der Waals surface area contributed by atoms with Crippen LogP contribution in [0.5, 0.6) is 0 Å². The molecule has 2 aromatic carbocycles. The first kappa shape index (κ1) is 13.8. The fraction of sp³-hybridized carbons (Fsp3) is 0.0588. The fourth-order valence-corrected chi connectivity index (χ4v) is 3.07. The highest BCUT2D eigenvalue weighted by molar-refractivity contribution is 6.31. The molecule has 2 heterocycles. The van der Waals surface area contributed by atoms with Crippen molar-refractivity contribution < 1.29 is 0 Å². The van der Waals surface area contributed by atoms with Gasteiger partial charge in [0.1, 0.15) is 0 Å². The Morgan fingerprint density at radius 1 is 1.17 bits per heavy atom. The number of benzene rings is 2. The molecule has 0 saturated heterocycles. The second-order valence-electron chi connectivity index (χ2n) is 5.38. The van der Waals surface area contributed by atoms with Gasteiger partial charge in [0, 0.05) is 28.7 Å². The average Bonchev–Trinajstić information content (AvgIpc) is 2.92. The first-order valence-electron chi connectivity index (χ1n) is 7.14. The van der Waals surface area contributed by atoms with E-state index in [2.05, 4.69) is 14.5 Å². The summed E-state index contributed by atoms with van der Waals surface area (Å²) in [4.78, 5) is 19.0. The molecule has 0 amide bonds. The zero-order valence-electron chi connectivity index (χ0n) is 12.1. The monoisotopic (exact) mass is 324 g/mol. The first-order chi connectivity index (χ1) is 11.1. The number of H-pyrrole nitrogens is 1. The molecule has 23 heavy (non-hydrogen) atoms. The van der Waals surface area contributed by atoms with Crippen LogP contribution in [0.3, 0.4) is 0 Å². The number of hydrogen-bond donors (Lipinski definition) is 2. The van der Waals surface area contributed by atoms with Crippen LogP contribution in [0.4, 0.5) is 5.95 Å². The van der Waals surface area contributed by atoms with E-state index in [0.29, 0.717) is 17.4 Å². The third-order valence-corrected chi connectivity index (χ3v) is 4.31. The van der Waals surface area contributed by atoms with Crippen LogP contribution in [0.1, 0.15) is 5.56 Å². The van der Waals surface area contributed by atoms with E-state index in [1.54, 1.807) is 0 Å². The van der Waals surface area contributed by atoms with Crippen LogP contribution >= 0.6 is 11.6 Å². The molecule has 4 rings (SSSR count). The highest BCUT2D eigenvalue weighted by atomic mass is 35.5. The van der Waals surface area contributed by atoms with Gasteiger partial charge in [0.25, 0.3) is 5.56 Å². The van der Waals surface area contributed by atoms with Crippen LogP contribution in [0.15, 0.2) is 53.5 Å². The van der Waals surface area contributed by atoms with Gasteiger partial charge in [-0.15, -0.1) is 0 Å². The van der Waals surface area contributed by atoms with Crippen molar-refractivity contribution in [3.05, 3.63) is 69.6 Å². The lowest BCUT2D eigenvalue weighted by molar-refractivity contribution is 0.837. The summed E-state index contributed by atoms with van der Waals surface area (Å²) in [7, 11) is 0. The highest BCUT2D eigenvalue weighted by Gasteiger charge is 2.11. The molecule has 0 bridgehead atoms. The van der Waals surface area contributed by atoms with Gasteiger partial charge in [0.2, 0.25) is 5.95 Å². The number of halogens is 1. The van der Waals surface area contributed by atoms with E-state index in [0.717, 1.165) is 21.5 Å². The quantitative estimate of drug-likeness (QED) is 0.594. The number of aromatic nitrogens is 3. The van der Waals surface area contributed by atoms with Crippen molar-refractivity contribution in [1.29, 1.82) is 0 Å². The molecule has 0 unspecified atom stereocenters. The van der Waals surface area contributed by atoms with E-state index in [1.807, 2.05) is 48.7 Å². The number of rotatable bonds is 2. The van der Waals surface area contributed by atoms with Gasteiger partial charge in [-0.25, -0.2) is 4.98 Å². The number of nitrogens with two attached hydrogens (primary N) is 1. The summed E-state index contributed by atoms with van der Waals surface area (Å²) in [6, 6.07) is 13.4. The molecule has 6 heteroatoms. The Morgan fingerprint density at radius 3 is 2.83 bits per heavy atom. The maximum atomic E-state index is 12.2. The van der Waals surface area contributed by atoms with E-state index >= 15 is 0 Å². The van der Waals surface area contributed by atoms with Crippen molar-refractivity contribution in [3.63, 3.8) is 0 Å². The smallest absolute Gasteiger partial charge is 0.260 e. The number of nitrogens with one attached hydrogen (secondary N) is 1. The Balaban J connectivity index is 1.92. The summed E-state index contributed by atoms with van der Waals surface area (Å²) in [5, 5.41) is 2.13. The summed E-state index contributed by atoms with van der Waals surface area (Å²) in [5.74, 6) is 0.123. The van der Waals surface area contributed by atoms with Gasteiger partial charge in [0.15, 0.2) is 0 Å². The Labute approximate surface area is 136 Å². The number of nitrogens with zero attached hydrogens (tertiary/aromatic N) is 2. The van der Waals surface area contributed by atoms with Crippen molar-refractivity contribution in [2.75, 3.05) is 5.73 Å². The van der Waals surface area contributed by atoms with Gasteiger partial charge in [-0.2, -0.15) is 0 Å². The van der Waals surface area contributed by atoms with Gasteiger partial charge in [-0.05, 0) is 29.8 Å². The lowest BCUT2D eigenvalue weighted by Gasteiger charge is -2.08. The summed E-state index contributed by atoms with van der Waals surface area (Å²) in [6.45, 7) is 0.634. The maximum Gasteiger partial charge on any atom is 0.260 e. The van der Waals surface area contributed by atoms with Crippen LogP contribution in [0, 0.1) is 0 Å². The van der Waals surface area contributed by atoms with Crippen molar-refractivity contribution in [2.24, 2.45) is 0 Å². The molecule has 0 saturated carbocycles. The SMILES string of the molecule is Nc1nc2ccc3c(ccn3Cc3ccccc3Cl)c2c(=O)[nH]1. The van der Waals surface area contributed by atoms with E-state index in [-0.39, 0.29) is 11.5 Å². The van der Waals surface area contributed by atoms with Gasteiger partial charge in [-0.1, -0.05) is 29.8 Å². The molecule has 4 aromatic rings. The number of nitrogen functional groups attached to an aromatic ring is 1. The molecule has 5 nitrogen and oxygen atoms in total.